The summed E-state index contributed by atoms with van der Waals surface area (Å²) in [6, 6.07) is -2.00. The Labute approximate surface area is 555 Å². The number of nitrogens with one attached hydrogen (secondary N) is 3. The molecule has 0 aromatic heterocycles. The average Bonchev–Trinajstić information content (AvgIpc) is 1.74. The number of rotatable bonds is 45. The van der Waals surface area contributed by atoms with Gasteiger partial charge in [0.15, 0.2) is 26.0 Å². The van der Waals surface area contributed by atoms with Gasteiger partial charge in [0.05, 0.1) is 82.2 Å². The minimum Gasteiger partial charge on any atom is -0.394 e. The Morgan fingerprint density at radius 1 is 0.622 bits per heavy atom. The summed E-state index contributed by atoms with van der Waals surface area (Å²) in [5.41, 5.74) is 0. The average molecular weight is 1410 g/mol. The molecule has 0 bridgehead atoms. The number of carbonyl (C=O) groups is 6. The fourth-order valence-electron chi connectivity index (χ4n) is 11.1. The van der Waals surface area contributed by atoms with Gasteiger partial charge in [0.1, 0.15) is 24.4 Å². The van der Waals surface area contributed by atoms with Crippen LogP contribution in [0.1, 0.15) is 156 Å². The fraction of sp³-hybridized carbons (Fsp3) is 0.879. The first-order valence-corrected chi connectivity index (χ1v) is 34.7. The number of amides is 5. The summed E-state index contributed by atoms with van der Waals surface area (Å²) < 4.78 is 70.5. The first kappa shape index (κ1) is 82.2. The van der Waals surface area contributed by atoms with Gasteiger partial charge >= 0.3 is 8.25 Å². The summed E-state index contributed by atoms with van der Waals surface area (Å²) in [5, 5.41) is 88.0. The molecule has 4 aliphatic heterocycles. The minimum atomic E-state index is -3.82. The molecule has 5 amide bonds. The number of unbranched alkanes of at least 4 members (excludes halogenated alkanes) is 8. The van der Waals surface area contributed by atoms with Crippen molar-refractivity contribution in [3.8, 4) is 0 Å². The maximum absolute atomic E-state index is 13.7. The quantitative estimate of drug-likeness (QED) is 0.0232. The van der Waals surface area contributed by atoms with Gasteiger partial charge in [-0.05, 0) is 83.5 Å². The molecule has 29 nitrogen and oxygen atoms in total. The van der Waals surface area contributed by atoms with Crippen molar-refractivity contribution in [2.45, 2.75) is 235 Å². The zero-order valence-corrected chi connectivity index (χ0v) is 57.5. The summed E-state index contributed by atoms with van der Waals surface area (Å²) in [6.07, 6.45) is -1.46. The second-order valence-corrected chi connectivity index (χ2v) is 26.5. The van der Waals surface area contributed by atoms with E-state index in [4.69, 9.17) is 42.1 Å². The maximum Gasteiger partial charge on any atom is 0.319 e. The molecule has 12 unspecified atom stereocenters. The number of β-amino-alcohol motifs (C(OH)–C–C–N with tert-alkyl or cyclic N) is 1. The van der Waals surface area contributed by atoms with Gasteiger partial charge in [-0.15, -0.1) is 0 Å². The number of ketones is 1. The first-order valence-electron chi connectivity index (χ1n) is 31.7. The van der Waals surface area contributed by atoms with Crippen molar-refractivity contribution in [3.05, 3.63) is 6.66 Å². The third-order valence-electron chi connectivity index (χ3n) is 16.4. The van der Waals surface area contributed by atoms with Crippen LogP contribution in [0, 0.1) is 18.5 Å². The van der Waals surface area contributed by atoms with E-state index in [1.165, 1.54) is 16.7 Å². The fourth-order valence-corrected chi connectivity index (χ4v) is 12.8. The van der Waals surface area contributed by atoms with Crippen molar-refractivity contribution in [1.82, 2.24) is 25.8 Å². The van der Waals surface area contributed by atoms with Crippen molar-refractivity contribution in [3.63, 3.8) is 0 Å². The second-order valence-electron chi connectivity index (χ2n) is 23.7. The van der Waals surface area contributed by atoms with E-state index in [1.807, 2.05) is 0 Å². The molecule has 4 aliphatic rings. The van der Waals surface area contributed by atoms with Crippen LogP contribution in [0.2, 0.25) is 0 Å². The van der Waals surface area contributed by atoms with Gasteiger partial charge in [0.25, 0.3) is 0 Å². The van der Waals surface area contributed by atoms with E-state index in [0.29, 0.717) is 103 Å². The predicted octanol–water partition coefficient (Wildman–Crippen LogP) is 1.25. The van der Waals surface area contributed by atoms with Crippen molar-refractivity contribution < 1.29 is 149 Å². The normalized spacial score (nSPS) is 28.2. The van der Waals surface area contributed by atoms with Gasteiger partial charge in [-0.2, -0.15) is 0 Å². The molecule has 0 aromatic rings. The number of hydrogen-bond donors (Lipinski definition) is 11. The van der Waals surface area contributed by atoms with Crippen LogP contribution in [-0.2, 0) is 108 Å². The Balaban J connectivity index is 0.0000212. The Morgan fingerprint density at radius 3 is 1.70 bits per heavy atom. The number of Topliss-reactive ketones (excluding diaryl/α,β-unsaturated/α-hetero) is 1. The Bertz CT molecular complexity index is 2200. The molecule has 11 N–H and O–H groups in total. The smallest absolute Gasteiger partial charge is 0.319 e. The monoisotopic (exact) mass is 1410 g/mol. The number of hydrogen-bond acceptors (Lipinski definition) is 24. The molecule has 4 saturated heterocycles. The molecule has 0 saturated carbocycles. The van der Waals surface area contributed by atoms with Crippen LogP contribution in [0.25, 0.3) is 0 Å². The number of aliphatic hydroxyl groups excluding tert-OH is 8. The third kappa shape index (κ3) is 29.9. The second kappa shape index (κ2) is 44.6. The molecule has 4 fully saturated rings. The molecule has 4 rings (SSSR count). The van der Waals surface area contributed by atoms with Gasteiger partial charge < -0.3 is 104 Å². The van der Waals surface area contributed by atoms with Crippen LogP contribution in [0.5, 0.6) is 0 Å². The van der Waals surface area contributed by atoms with E-state index in [-0.39, 0.29) is 159 Å². The van der Waals surface area contributed by atoms with Gasteiger partial charge in [0, 0.05) is 123 Å². The van der Waals surface area contributed by atoms with Crippen molar-refractivity contribution in [2.75, 3.05) is 79.0 Å². The summed E-state index contributed by atoms with van der Waals surface area (Å²) in [4.78, 5) is 80.6. The minimum absolute atomic E-state index is 0. The van der Waals surface area contributed by atoms with Crippen LogP contribution in [-0.4, -0.2) is 245 Å². The molecule has 1 radical (unpaired) electrons. The summed E-state index contributed by atoms with van der Waals surface area (Å²) in [5.74, 6) is -2.36. The van der Waals surface area contributed by atoms with Crippen molar-refractivity contribution in [2.24, 2.45) is 11.8 Å². The molecule has 0 aliphatic carbocycles. The molecule has 32 heteroatoms. The van der Waals surface area contributed by atoms with Crippen LogP contribution in [0.3, 0.4) is 0 Å². The summed E-state index contributed by atoms with van der Waals surface area (Å²) >= 11 is 0. The first-order chi connectivity index (χ1) is 42.5. The van der Waals surface area contributed by atoms with Gasteiger partial charge in [0.2, 0.25) is 29.5 Å². The third-order valence-corrected chi connectivity index (χ3v) is 18.5. The SMILES string of the molecule is [CH2-]P(=O)(OCCO)OC[C@@H]1C[C@@H](O[PH](=O)OC[C@@H]2C[C@@H](O)CN2C(=O)CCCCCCC(=O)[C@H](CCCCNC(=O)CCCCOC2OC(CO)C(O)C(O)C2C)NC(=O)CCCCOC2OC(CO)C(O)C(O)C2C)CN1C(=O)CCCCCNC(C)=O.[Y]. The van der Waals surface area contributed by atoms with Crippen molar-refractivity contribution in [1.29, 1.82) is 0 Å². The van der Waals surface area contributed by atoms with E-state index in [1.54, 1.807) is 13.8 Å². The van der Waals surface area contributed by atoms with Gasteiger partial charge in [-0.3, -0.25) is 37.9 Å². The van der Waals surface area contributed by atoms with Crippen LogP contribution in [0.15, 0.2) is 0 Å². The zero-order valence-electron chi connectivity index (χ0n) is 52.7. The molecule has 90 heavy (non-hydrogen) atoms. The van der Waals surface area contributed by atoms with E-state index < -0.39 is 127 Å². The number of carbonyl (C=O) groups excluding carboxylic acids is 6. The van der Waals surface area contributed by atoms with Gasteiger partial charge in [-0.25, -0.2) is 6.66 Å². The van der Waals surface area contributed by atoms with Crippen LogP contribution < -0.4 is 16.0 Å². The van der Waals surface area contributed by atoms with E-state index >= 15 is 0 Å². The summed E-state index contributed by atoms with van der Waals surface area (Å²) in [6.45, 7) is 7.49. The molecule has 4 heterocycles. The molecular formula is C58H104N5O24P2Y-. The number of likely N-dealkylation sites (tertiary alicyclic amines) is 2. The largest absolute Gasteiger partial charge is 0.394 e. The zero-order chi connectivity index (χ0) is 65.5. The van der Waals surface area contributed by atoms with Crippen LogP contribution in [0.4, 0.5) is 0 Å². The van der Waals surface area contributed by atoms with Crippen LogP contribution >= 0.6 is 15.9 Å². The molecule has 0 aromatic carbocycles. The maximum atomic E-state index is 13.7. The van der Waals surface area contributed by atoms with Crippen molar-refractivity contribution >= 4 is 51.2 Å². The standard InChI is InChI=1S/C58H104N5O24P2.Y/c1-38-53(74)55(76)47(34-65)85-57(38)80-27-16-12-20-49(70)60-25-15-11-18-45(61-50(71)21-13-17-28-81-58-39(2)54(75)56(77)48(35-66)86-58)46(69)19-8-5-6-9-22-51(72)62-32-43(68)30-41(62)36-82-88(78)87-44-31-42(37-84-89(4,79)83-29-26-64)63(33-44)52(73)23-10-7-14-24-59-40(3)67;/h38-39,41-45,47-48,53-58,64-66,68,74-77,88H,4-37H2,1-3H3,(H,59,67)(H,60,70)(H,61,71);/q-1;/t38?,39?,41-,42-,43+,44+,45-,47?,48?,53?,54?,55?,56?,57?,58?,89?;/m0./s1. The Morgan fingerprint density at radius 2 is 1.13 bits per heavy atom. The number of aliphatic hydroxyl groups is 8. The van der Waals surface area contributed by atoms with E-state index in [2.05, 4.69) is 22.6 Å². The van der Waals surface area contributed by atoms with Gasteiger partial charge in [-0.1, -0.05) is 33.1 Å². The number of nitrogens with zero attached hydrogens (tertiary/aromatic N) is 2. The summed E-state index contributed by atoms with van der Waals surface area (Å²) in [7, 11) is -7.01. The number of ether oxygens (including phenoxy) is 4. The Hall–Kier alpha value is -2.06. The molecular weight excluding hydrogens is 1300 g/mol. The van der Waals surface area contributed by atoms with E-state index in [9.17, 15) is 73.6 Å². The molecule has 17 atom stereocenters. The topological polar surface area (TPSA) is 415 Å². The Kier molecular flexibility index (Phi) is 40.8. The molecule has 519 valence electrons. The predicted molar refractivity (Wildman–Crippen MR) is 320 cm³/mol. The van der Waals surface area contributed by atoms with E-state index in [0.717, 1.165) is 0 Å². The molecule has 0 spiro atoms.